The van der Waals surface area contributed by atoms with Gasteiger partial charge in [0.05, 0.1) is 5.56 Å². The number of hydrogen-bond acceptors (Lipinski definition) is 3. The summed E-state index contributed by atoms with van der Waals surface area (Å²) in [6.07, 6.45) is 0. The lowest BCUT2D eigenvalue weighted by Crippen LogP contribution is -2.37. The van der Waals surface area contributed by atoms with Crippen LogP contribution in [0.1, 0.15) is 28.8 Å². The Kier molecular flexibility index (Phi) is 3.91. The van der Waals surface area contributed by atoms with Crippen molar-refractivity contribution in [2.24, 2.45) is 0 Å². The van der Waals surface area contributed by atoms with E-state index in [-0.39, 0.29) is 11.9 Å². The van der Waals surface area contributed by atoms with Gasteiger partial charge in [-0.05, 0) is 33.9 Å². The molecule has 4 heteroatoms. The van der Waals surface area contributed by atoms with E-state index in [9.17, 15) is 4.79 Å². The van der Waals surface area contributed by atoms with Crippen LogP contribution in [0.5, 0.6) is 0 Å². The van der Waals surface area contributed by atoms with Gasteiger partial charge >= 0.3 is 0 Å². The van der Waals surface area contributed by atoms with E-state index < -0.39 is 0 Å². The van der Waals surface area contributed by atoms with Gasteiger partial charge in [0.15, 0.2) is 0 Å². The van der Waals surface area contributed by atoms with E-state index in [1.165, 1.54) is 0 Å². The van der Waals surface area contributed by atoms with Gasteiger partial charge in [-0.25, -0.2) is 0 Å². The minimum absolute atomic E-state index is 0.0774. The van der Waals surface area contributed by atoms with Crippen LogP contribution >= 0.6 is 0 Å². The Balaban J connectivity index is 2.58. The number of amides is 1. The third kappa shape index (κ3) is 3.09. The molecule has 0 bridgehead atoms. The first-order chi connectivity index (χ1) is 7.04. The lowest BCUT2D eigenvalue weighted by molar-refractivity contribution is 0.0949. The van der Waals surface area contributed by atoms with E-state index in [4.69, 9.17) is 4.42 Å². The molecule has 1 aromatic heterocycles. The molecule has 0 fully saturated rings. The third-order valence-electron chi connectivity index (χ3n) is 2.35. The fraction of sp³-hybridized carbons (Fsp3) is 0.545. The van der Waals surface area contributed by atoms with Crippen molar-refractivity contribution in [3.05, 3.63) is 23.2 Å². The highest BCUT2D eigenvalue weighted by molar-refractivity contribution is 5.95. The predicted molar refractivity (Wildman–Crippen MR) is 59.0 cm³/mol. The van der Waals surface area contributed by atoms with E-state index in [0.29, 0.717) is 17.9 Å². The van der Waals surface area contributed by atoms with Crippen molar-refractivity contribution in [1.82, 2.24) is 10.6 Å². The number of nitrogens with one attached hydrogen (secondary N) is 2. The Labute approximate surface area is 90.0 Å². The molecule has 1 rings (SSSR count). The van der Waals surface area contributed by atoms with Crippen molar-refractivity contribution in [1.29, 1.82) is 0 Å². The van der Waals surface area contributed by atoms with Gasteiger partial charge in [0.2, 0.25) is 0 Å². The van der Waals surface area contributed by atoms with Crippen LogP contribution in [-0.2, 0) is 0 Å². The second kappa shape index (κ2) is 4.98. The predicted octanol–water partition coefficient (Wildman–Crippen LogP) is 1.23. The highest BCUT2D eigenvalue weighted by Crippen LogP contribution is 2.13. The number of likely N-dealkylation sites (N-methyl/N-ethyl adjacent to an activating group) is 1. The highest BCUT2D eigenvalue weighted by Gasteiger charge is 2.13. The molecule has 0 saturated carbocycles. The maximum atomic E-state index is 11.7. The zero-order valence-electron chi connectivity index (χ0n) is 9.68. The Bertz CT molecular complexity index is 344. The summed E-state index contributed by atoms with van der Waals surface area (Å²) in [6.45, 7) is 6.25. The van der Waals surface area contributed by atoms with Crippen molar-refractivity contribution in [3.63, 3.8) is 0 Å². The smallest absolute Gasteiger partial charge is 0.254 e. The van der Waals surface area contributed by atoms with Crippen LogP contribution in [0.4, 0.5) is 0 Å². The van der Waals surface area contributed by atoms with Gasteiger partial charge in [0.1, 0.15) is 11.5 Å². The van der Waals surface area contributed by atoms with Crippen molar-refractivity contribution < 1.29 is 9.21 Å². The first-order valence-corrected chi connectivity index (χ1v) is 5.07. The average molecular weight is 210 g/mol. The molecule has 0 aromatic carbocycles. The number of furan rings is 1. The summed E-state index contributed by atoms with van der Waals surface area (Å²) in [6, 6.07) is 2.02. The number of aryl methyl sites for hydroxylation is 2. The molecule has 1 amide bonds. The van der Waals surface area contributed by atoms with Gasteiger partial charge in [-0.15, -0.1) is 0 Å². The van der Waals surface area contributed by atoms with Gasteiger partial charge < -0.3 is 15.1 Å². The molecule has 1 heterocycles. The number of carbonyl (C=O) groups is 1. The molecule has 1 atom stereocenters. The van der Waals surface area contributed by atoms with E-state index in [1.807, 2.05) is 20.9 Å². The Morgan fingerprint density at radius 1 is 1.53 bits per heavy atom. The summed E-state index contributed by atoms with van der Waals surface area (Å²) in [7, 11) is 1.87. The van der Waals surface area contributed by atoms with Gasteiger partial charge in [-0.2, -0.15) is 0 Å². The zero-order valence-corrected chi connectivity index (χ0v) is 9.68. The Hall–Kier alpha value is -1.29. The normalized spacial score (nSPS) is 12.5. The van der Waals surface area contributed by atoms with Crippen molar-refractivity contribution in [2.75, 3.05) is 13.6 Å². The molecule has 0 radical (unpaired) electrons. The molecular weight excluding hydrogens is 192 g/mol. The van der Waals surface area contributed by atoms with Crippen molar-refractivity contribution in [3.8, 4) is 0 Å². The second-order valence-corrected chi connectivity index (χ2v) is 3.73. The lowest BCUT2D eigenvalue weighted by atomic mass is 10.2. The van der Waals surface area contributed by atoms with Crippen LogP contribution < -0.4 is 10.6 Å². The van der Waals surface area contributed by atoms with E-state index in [2.05, 4.69) is 10.6 Å². The molecule has 0 aliphatic heterocycles. The molecule has 1 unspecified atom stereocenters. The van der Waals surface area contributed by atoms with Gasteiger partial charge in [-0.3, -0.25) is 4.79 Å². The summed E-state index contributed by atoms with van der Waals surface area (Å²) in [4.78, 5) is 11.7. The molecule has 0 aliphatic rings. The van der Waals surface area contributed by atoms with E-state index in [1.54, 1.807) is 13.0 Å². The maximum absolute atomic E-state index is 11.7. The topological polar surface area (TPSA) is 54.3 Å². The standard InChI is InChI=1S/C11H18N2O2/c1-7(12-4)6-13-11(14)10-5-8(2)15-9(10)3/h5,7,12H,6H2,1-4H3,(H,13,14). The second-order valence-electron chi connectivity index (χ2n) is 3.73. The molecule has 0 spiro atoms. The Morgan fingerprint density at radius 2 is 2.20 bits per heavy atom. The van der Waals surface area contributed by atoms with Crippen LogP contribution in [0, 0.1) is 13.8 Å². The van der Waals surface area contributed by atoms with Crippen molar-refractivity contribution >= 4 is 5.91 Å². The van der Waals surface area contributed by atoms with Gasteiger partial charge in [-0.1, -0.05) is 0 Å². The van der Waals surface area contributed by atoms with Crippen molar-refractivity contribution in [2.45, 2.75) is 26.8 Å². The van der Waals surface area contributed by atoms with Crippen LogP contribution in [0.15, 0.2) is 10.5 Å². The molecule has 84 valence electrons. The highest BCUT2D eigenvalue weighted by atomic mass is 16.3. The first kappa shape index (κ1) is 11.8. The van der Waals surface area contributed by atoms with Crippen LogP contribution in [-0.4, -0.2) is 25.5 Å². The van der Waals surface area contributed by atoms with Crippen LogP contribution in [0.3, 0.4) is 0 Å². The van der Waals surface area contributed by atoms with E-state index >= 15 is 0 Å². The fourth-order valence-electron chi connectivity index (χ4n) is 1.30. The first-order valence-electron chi connectivity index (χ1n) is 5.07. The van der Waals surface area contributed by atoms with Gasteiger partial charge in [0, 0.05) is 12.6 Å². The fourth-order valence-corrected chi connectivity index (χ4v) is 1.30. The number of rotatable bonds is 4. The summed E-state index contributed by atoms with van der Waals surface area (Å²) in [5, 5.41) is 5.90. The summed E-state index contributed by atoms with van der Waals surface area (Å²) < 4.78 is 5.29. The number of hydrogen-bond donors (Lipinski definition) is 2. The lowest BCUT2D eigenvalue weighted by Gasteiger charge is -2.10. The maximum Gasteiger partial charge on any atom is 0.254 e. The molecular formula is C11H18N2O2. The molecule has 4 nitrogen and oxygen atoms in total. The molecule has 2 N–H and O–H groups in total. The molecule has 0 aliphatic carbocycles. The Morgan fingerprint density at radius 3 is 2.67 bits per heavy atom. The minimum atomic E-state index is -0.0774. The summed E-state index contributed by atoms with van der Waals surface area (Å²) >= 11 is 0. The van der Waals surface area contributed by atoms with Crippen LogP contribution in [0.25, 0.3) is 0 Å². The largest absolute Gasteiger partial charge is 0.466 e. The van der Waals surface area contributed by atoms with E-state index in [0.717, 1.165) is 5.76 Å². The van der Waals surface area contributed by atoms with Crippen LogP contribution in [0.2, 0.25) is 0 Å². The average Bonchev–Trinajstić information content (AvgIpc) is 2.53. The minimum Gasteiger partial charge on any atom is -0.466 e. The molecule has 15 heavy (non-hydrogen) atoms. The quantitative estimate of drug-likeness (QED) is 0.786. The molecule has 1 aromatic rings. The summed E-state index contributed by atoms with van der Waals surface area (Å²) in [5.41, 5.74) is 0.621. The third-order valence-corrected chi connectivity index (χ3v) is 2.35. The monoisotopic (exact) mass is 210 g/mol. The summed E-state index contributed by atoms with van der Waals surface area (Å²) in [5.74, 6) is 1.35. The molecule has 0 saturated heterocycles. The number of carbonyl (C=O) groups excluding carboxylic acids is 1. The SMILES string of the molecule is CNC(C)CNC(=O)c1cc(C)oc1C. The van der Waals surface area contributed by atoms with Gasteiger partial charge in [0.25, 0.3) is 5.91 Å². The zero-order chi connectivity index (χ0) is 11.4.